The smallest absolute Gasteiger partial charge is 0.245 e. The molecule has 0 aliphatic carbocycles. The van der Waals surface area contributed by atoms with Crippen molar-refractivity contribution in [3.8, 4) is 0 Å². The van der Waals surface area contributed by atoms with E-state index in [2.05, 4.69) is 17.3 Å². The number of nitrogens with one attached hydrogen (secondary N) is 1. The van der Waals surface area contributed by atoms with E-state index in [-0.39, 0.29) is 12.5 Å². The molecule has 1 heterocycles. The SMILES string of the molecule is CC.CCOCC(=O)NCCC1CCN(C)CC1. The van der Waals surface area contributed by atoms with Crippen LogP contribution in [-0.2, 0) is 9.53 Å². The number of nitrogens with zero attached hydrogens (tertiary/aromatic N) is 1. The van der Waals surface area contributed by atoms with Crippen LogP contribution in [0.5, 0.6) is 0 Å². The maximum Gasteiger partial charge on any atom is 0.245 e. The van der Waals surface area contributed by atoms with Crippen LogP contribution in [0.3, 0.4) is 0 Å². The lowest BCUT2D eigenvalue weighted by atomic mass is 9.94. The molecule has 0 bridgehead atoms. The topological polar surface area (TPSA) is 41.6 Å². The Hall–Kier alpha value is -0.610. The standard InChI is InChI=1S/C12H24N2O2.C2H6/c1-3-16-10-12(15)13-7-4-11-5-8-14(2)9-6-11;1-2/h11H,3-10H2,1-2H3,(H,13,15);1-2H3. The third-order valence-corrected chi connectivity index (χ3v) is 3.15. The minimum absolute atomic E-state index is 0.00905. The summed E-state index contributed by atoms with van der Waals surface area (Å²) in [6, 6.07) is 0. The number of rotatable bonds is 6. The van der Waals surface area contributed by atoms with Gasteiger partial charge in [0, 0.05) is 13.2 Å². The van der Waals surface area contributed by atoms with Crippen molar-refractivity contribution in [3.63, 3.8) is 0 Å². The van der Waals surface area contributed by atoms with Gasteiger partial charge >= 0.3 is 0 Å². The van der Waals surface area contributed by atoms with Crippen LogP contribution in [0.2, 0.25) is 0 Å². The van der Waals surface area contributed by atoms with E-state index in [1.807, 2.05) is 20.8 Å². The van der Waals surface area contributed by atoms with Crippen LogP contribution in [0.15, 0.2) is 0 Å². The van der Waals surface area contributed by atoms with Crippen molar-refractivity contribution in [3.05, 3.63) is 0 Å². The van der Waals surface area contributed by atoms with E-state index in [0.29, 0.717) is 6.61 Å². The van der Waals surface area contributed by atoms with Crippen LogP contribution in [0.1, 0.15) is 40.0 Å². The summed E-state index contributed by atoms with van der Waals surface area (Å²) in [6.07, 6.45) is 3.63. The molecule has 0 aromatic rings. The lowest BCUT2D eigenvalue weighted by Crippen LogP contribution is -2.33. The van der Waals surface area contributed by atoms with Crippen molar-refractivity contribution >= 4 is 5.91 Å². The highest BCUT2D eigenvalue weighted by atomic mass is 16.5. The number of piperidine rings is 1. The van der Waals surface area contributed by atoms with Crippen molar-refractivity contribution in [2.45, 2.75) is 40.0 Å². The van der Waals surface area contributed by atoms with E-state index < -0.39 is 0 Å². The summed E-state index contributed by atoms with van der Waals surface area (Å²) < 4.78 is 5.03. The number of ether oxygens (including phenoxy) is 1. The van der Waals surface area contributed by atoms with Crippen LogP contribution in [-0.4, -0.2) is 50.7 Å². The van der Waals surface area contributed by atoms with E-state index in [9.17, 15) is 4.79 Å². The number of amides is 1. The first-order chi connectivity index (χ1) is 8.72. The molecule has 0 aromatic heterocycles. The summed E-state index contributed by atoms with van der Waals surface area (Å²) in [7, 11) is 2.17. The molecule has 1 N–H and O–H groups in total. The predicted molar refractivity (Wildman–Crippen MR) is 75.7 cm³/mol. The van der Waals surface area contributed by atoms with Crippen LogP contribution in [0.25, 0.3) is 0 Å². The Morgan fingerprint density at radius 1 is 1.33 bits per heavy atom. The average Bonchev–Trinajstić information content (AvgIpc) is 2.41. The van der Waals surface area contributed by atoms with Crippen LogP contribution < -0.4 is 5.32 Å². The number of carbonyl (C=O) groups excluding carboxylic acids is 1. The maximum absolute atomic E-state index is 11.3. The molecule has 1 aliphatic rings. The van der Waals surface area contributed by atoms with E-state index in [0.717, 1.165) is 18.9 Å². The summed E-state index contributed by atoms with van der Waals surface area (Å²) in [5, 5.41) is 2.90. The van der Waals surface area contributed by atoms with Crippen molar-refractivity contribution < 1.29 is 9.53 Å². The second-order valence-corrected chi connectivity index (χ2v) is 4.52. The number of hydrogen-bond donors (Lipinski definition) is 1. The summed E-state index contributed by atoms with van der Waals surface area (Å²) in [5.41, 5.74) is 0. The van der Waals surface area contributed by atoms with Crippen LogP contribution >= 0.6 is 0 Å². The van der Waals surface area contributed by atoms with Gasteiger partial charge in [-0.3, -0.25) is 4.79 Å². The quantitative estimate of drug-likeness (QED) is 0.791. The molecule has 4 heteroatoms. The minimum atomic E-state index is 0.00905. The molecular formula is C14H30N2O2. The third-order valence-electron chi connectivity index (χ3n) is 3.15. The van der Waals surface area contributed by atoms with Crippen molar-refractivity contribution in [1.29, 1.82) is 0 Å². The highest BCUT2D eigenvalue weighted by molar-refractivity contribution is 5.77. The van der Waals surface area contributed by atoms with Gasteiger partial charge in [-0.1, -0.05) is 13.8 Å². The number of likely N-dealkylation sites (tertiary alicyclic amines) is 1. The summed E-state index contributed by atoms with van der Waals surface area (Å²) in [5.74, 6) is 0.790. The van der Waals surface area contributed by atoms with E-state index in [1.165, 1.54) is 25.9 Å². The first kappa shape index (κ1) is 17.4. The lowest BCUT2D eigenvalue weighted by molar-refractivity contribution is -0.125. The zero-order chi connectivity index (χ0) is 13.8. The highest BCUT2D eigenvalue weighted by Crippen LogP contribution is 2.18. The Kier molecular flexibility index (Phi) is 11.1. The molecule has 0 unspecified atom stereocenters. The van der Waals surface area contributed by atoms with Gasteiger partial charge < -0.3 is 15.0 Å². The van der Waals surface area contributed by atoms with Gasteiger partial charge in [0.25, 0.3) is 0 Å². The monoisotopic (exact) mass is 258 g/mol. The Labute approximate surface area is 112 Å². The Morgan fingerprint density at radius 2 is 1.94 bits per heavy atom. The highest BCUT2D eigenvalue weighted by Gasteiger charge is 2.16. The van der Waals surface area contributed by atoms with Gasteiger partial charge in [0.05, 0.1) is 0 Å². The fourth-order valence-corrected chi connectivity index (χ4v) is 2.01. The van der Waals surface area contributed by atoms with Gasteiger partial charge in [0.1, 0.15) is 6.61 Å². The predicted octanol–water partition coefficient (Wildman–Crippen LogP) is 1.90. The fourth-order valence-electron chi connectivity index (χ4n) is 2.01. The molecular weight excluding hydrogens is 228 g/mol. The molecule has 1 saturated heterocycles. The molecule has 0 atom stereocenters. The molecule has 0 radical (unpaired) electrons. The number of hydrogen-bond acceptors (Lipinski definition) is 3. The first-order valence-corrected chi connectivity index (χ1v) is 7.25. The molecule has 1 amide bonds. The Balaban J connectivity index is 0.00000137. The Bertz CT molecular complexity index is 202. The molecule has 1 rings (SSSR count). The van der Waals surface area contributed by atoms with Crippen molar-refractivity contribution in [1.82, 2.24) is 10.2 Å². The zero-order valence-corrected chi connectivity index (χ0v) is 12.5. The maximum atomic E-state index is 11.3. The minimum Gasteiger partial charge on any atom is -0.372 e. The molecule has 1 aliphatic heterocycles. The van der Waals surface area contributed by atoms with E-state index in [1.54, 1.807) is 0 Å². The molecule has 0 aromatic carbocycles. The molecule has 18 heavy (non-hydrogen) atoms. The normalized spacial score (nSPS) is 16.9. The van der Waals surface area contributed by atoms with Gasteiger partial charge in [-0.2, -0.15) is 0 Å². The largest absolute Gasteiger partial charge is 0.372 e. The first-order valence-electron chi connectivity index (χ1n) is 7.25. The molecule has 108 valence electrons. The zero-order valence-electron chi connectivity index (χ0n) is 12.5. The fraction of sp³-hybridized carbons (Fsp3) is 0.929. The average molecular weight is 258 g/mol. The van der Waals surface area contributed by atoms with Gasteiger partial charge in [-0.25, -0.2) is 0 Å². The molecule has 0 saturated carbocycles. The van der Waals surface area contributed by atoms with E-state index in [4.69, 9.17) is 4.74 Å². The van der Waals surface area contributed by atoms with Crippen molar-refractivity contribution in [2.24, 2.45) is 5.92 Å². The Morgan fingerprint density at radius 3 is 2.50 bits per heavy atom. The molecule has 0 spiro atoms. The summed E-state index contributed by atoms with van der Waals surface area (Å²) in [4.78, 5) is 13.6. The van der Waals surface area contributed by atoms with Crippen molar-refractivity contribution in [2.75, 3.05) is 39.9 Å². The number of carbonyl (C=O) groups is 1. The van der Waals surface area contributed by atoms with Gasteiger partial charge in [0.15, 0.2) is 0 Å². The third kappa shape index (κ3) is 8.48. The second kappa shape index (κ2) is 11.5. The van der Waals surface area contributed by atoms with E-state index >= 15 is 0 Å². The summed E-state index contributed by atoms with van der Waals surface area (Å²) >= 11 is 0. The molecule has 1 fully saturated rings. The van der Waals surface area contributed by atoms with Gasteiger partial charge in [-0.05, 0) is 52.2 Å². The summed E-state index contributed by atoms with van der Waals surface area (Å²) in [6.45, 7) is 9.87. The van der Waals surface area contributed by atoms with Gasteiger partial charge in [0.2, 0.25) is 5.91 Å². The van der Waals surface area contributed by atoms with Crippen LogP contribution in [0, 0.1) is 5.92 Å². The molecule has 4 nitrogen and oxygen atoms in total. The van der Waals surface area contributed by atoms with Crippen LogP contribution in [0.4, 0.5) is 0 Å². The van der Waals surface area contributed by atoms with Gasteiger partial charge in [-0.15, -0.1) is 0 Å². The lowest BCUT2D eigenvalue weighted by Gasteiger charge is -2.28. The second-order valence-electron chi connectivity index (χ2n) is 4.52.